The van der Waals surface area contributed by atoms with Crippen molar-refractivity contribution >= 4 is 17.5 Å². The molecule has 3 nitrogen and oxygen atoms in total. The Labute approximate surface area is 119 Å². The zero-order valence-electron chi connectivity index (χ0n) is 11.4. The summed E-state index contributed by atoms with van der Waals surface area (Å²) in [4.78, 5) is 13.6. The van der Waals surface area contributed by atoms with Crippen LogP contribution < -0.4 is 0 Å². The van der Waals surface area contributed by atoms with E-state index < -0.39 is 0 Å². The Balaban J connectivity index is 1.71. The molecule has 0 bridgehead atoms. The Kier molecular flexibility index (Phi) is 4.83. The van der Waals surface area contributed by atoms with Crippen LogP contribution in [0.2, 0.25) is 5.02 Å². The predicted octanol–water partition coefficient (Wildman–Crippen LogP) is 3.11. The van der Waals surface area contributed by atoms with Gasteiger partial charge in [0.25, 0.3) is 0 Å². The average molecular weight is 282 g/mol. The summed E-state index contributed by atoms with van der Waals surface area (Å²) in [6.45, 7) is 6.04. The maximum Gasteiger partial charge on any atom is 0.223 e. The molecule has 2 rings (SSSR count). The molecule has 0 aliphatic carbocycles. The standard InChI is InChI=1S/C15H20ClNO2/c1-11(2)7-15(18)17-8-13(9-17)19-10-12-5-3-4-6-14(12)16/h3-6,11,13H,7-10H2,1-2H3. The lowest BCUT2D eigenvalue weighted by Gasteiger charge is -2.39. The van der Waals surface area contributed by atoms with Crippen LogP contribution in [0.3, 0.4) is 0 Å². The van der Waals surface area contributed by atoms with E-state index in [1.807, 2.05) is 29.2 Å². The fourth-order valence-corrected chi connectivity index (χ4v) is 2.24. The van der Waals surface area contributed by atoms with E-state index in [9.17, 15) is 4.79 Å². The minimum Gasteiger partial charge on any atom is -0.370 e. The molecule has 19 heavy (non-hydrogen) atoms. The summed E-state index contributed by atoms with van der Waals surface area (Å²) in [5.41, 5.74) is 0.996. The molecular formula is C15H20ClNO2. The number of hydrogen-bond donors (Lipinski definition) is 0. The van der Waals surface area contributed by atoms with Crippen LogP contribution in [-0.2, 0) is 16.1 Å². The first kappa shape index (κ1) is 14.4. The van der Waals surface area contributed by atoms with E-state index in [1.165, 1.54) is 0 Å². The molecule has 4 heteroatoms. The lowest BCUT2D eigenvalue weighted by Crippen LogP contribution is -2.54. The largest absolute Gasteiger partial charge is 0.370 e. The van der Waals surface area contributed by atoms with E-state index in [2.05, 4.69) is 13.8 Å². The quantitative estimate of drug-likeness (QED) is 0.830. The predicted molar refractivity (Wildman–Crippen MR) is 76.1 cm³/mol. The molecule has 0 saturated carbocycles. The highest BCUT2D eigenvalue weighted by atomic mass is 35.5. The van der Waals surface area contributed by atoms with E-state index in [4.69, 9.17) is 16.3 Å². The summed E-state index contributed by atoms with van der Waals surface area (Å²) in [5.74, 6) is 0.642. The second-order valence-corrected chi connectivity index (χ2v) is 5.83. The summed E-state index contributed by atoms with van der Waals surface area (Å²) in [6, 6.07) is 7.67. The number of likely N-dealkylation sites (tertiary alicyclic amines) is 1. The zero-order chi connectivity index (χ0) is 13.8. The van der Waals surface area contributed by atoms with Crippen LogP contribution in [0.4, 0.5) is 0 Å². The highest BCUT2D eigenvalue weighted by Crippen LogP contribution is 2.20. The zero-order valence-corrected chi connectivity index (χ0v) is 12.2. The van der Waals surface area contributed by atoms with E-state index in [0.29, 0.717) is 32.0 Å². The van der Waals surface area contributed by atoms with Gasteiger partial charge in [-0.3, -0.25) is 4.79 Å². The van der Waals surface area contributed by atoms with Gasteiger partial charge < -0.3 is 9.64 Å². The third-order valence-electron chi connectivity index (χ3n) is 3.22. The minimum absolute atomic E-state index is 0.146. The van der Waals surface area contributed by atoms with Crippen LogP contribution >= 0.6 is 11.6 Å². The fraction of sp³-hybridized carbons (Fsp3) is 0.533. The number of halogens is 1. The summed E-state index contributed by atoms with van der Waals surface area (Å²) < 4.78 is 5.75. The van der Waals surface area contributed by atoms with Crippen LogP contribution in [0.5, 0.6) is 0 Å². The van der Waals surface area contributed by atoms with E-state index >= 15 is 0 Å². The molecule has 1 aliphatic rings. The maximum absolute atomic E-state index is 11.8. The molecule has 1 saturated heterocycles. The van der Waals surface area contributed by atoms with E-state index in [-0.39, 0.29) is 12.0 Å². The first-order valence-electron chi connectivity index (χ1n) is 6.69. The number of carbonyl (C=O) groups excluding carboxylic acids is 1. The second kappa shape index (κ2) is 6.40. The molecule has 0 unspecified atom stereocenters. The monoisotopic (exact) mass is 281 g/mol. The first-order chi connectivity index (χ1) is 9.06. The van der Waals surface area contributed by atoms with Gasteiger partial charge in [-0.05, 0) is 17.5 Å². The number of carbonyl (C=O) groups is 1. The van der Waals surface area contributed by atoms with Gasteiger partial charge in [-0.1, -0.05) is 43.6 Å². The summed E-state index contributed by atoms with van der Waals surface area (Å²) in [7, 11) is 0. The number of nitrogens with zero attached hydrogens (tertiary/aromatic N) is 1. The maximum atomic E-state index is 11.8. The van der Waals surface area contributed by atoms with Gasteiger partial charge in [-0.25, -0.2) is 0 Å². The van der Waals surface area contributed by atoms with Crippen molar-refractivity contribution in [2.45, 2.75) is 33.0 Å². The Morgan fingerprint density at radius 2 is 2.11 bits per heavy atom. The third kappa shape index (κ3) is 3.95. The summed E-state index contributed by atoms with van der Waals surface area (Å²) >= 11 is 6.06. The number of hydrogen-bond acceptors (Lipinski definition) is 2. The highest BCUT2D eigenvalue weighted by Gasteiger charge is 2.31. The minimum atomic E-state index is 0.146. The van der Waals surface area contributed by atoms with Crippen LogP contribution in [0.1, 0.15) is 25.8 Å². The summed E-state index contributed by atoms with van der Waals surface area (Å²) in [6.07, 6.45) is 0.768. The third-order valence-corrected chi connectivity index (χ3v) is 3.58. The Morgan fingerprint density at radius 3 is 2.74 bits per heavy atom. The Bertz CT molecular complexity index is 442. The lowest BCUT2D eigenvalue weighted by atomic mass is 10.1. The van der Waals surface area contributed by atoms with Crippen molar-refractivity contribution in [3.05, 3.63) is 34.9 Å². The van der Waals surface area contributed by atoms with Crippen LogP contribution in [0.25, 0.3) is 0 Å². The number of ether oxygens (including phenoxy) is 1. The van der Waals surface area contributed by atoms with Gasteiger partial charge in [-0.2, -0.15) is 0 Å². The molecule has 0 aromatic heterocycles. The van der Waals surface area contributed by atoms with E-state index in [0.717, 1.165) is 10.6 Å². The lowest BCUT2D eigenvalue weighted by molar-refractivity contribution is -0.146. The van der Waals surface area contributed by atoms with E-state index in [1.54, 1.807) is 0 Å². The SMILES string of the molecule is CC(C)CC(=O)N1CC(OCc2ccccc2Cl)C1. The second-order valence-electron chi connectivity index (χ2n) is 5.42. The average Bonchev–Trinajstić information content (AvgIpc) is 2.28. The number of benzene rings is 1. The molecule has 0 atom stereocenters. The highest BCUT2D eigenvalue weighted by molar-refractivity contribution is 6.31. The van der Waals surface area contributed by atoms with Gasteiger partial charge in [0.15, 0.2) is 0 Å². The molecule has 1 aromatic carbocycles. The van der Waals surface area contributed by atoms with Crippen molar-refractivity contribution in [1.82, 2.24) is 4.90 Å². The van der Waals surface area contributed by atoms with Crippen LogP contribution in [0, 0.1) is 5.92 Å². The molecule has 1 fully saturated rings. The van der Waals surface area contributed by atoms with Crippen molar-refractivity contribution in [3.63, 3.8) is 0 Å². The van der Waals surface area contributed by atoms with Crippen molar-refractivity contribution in [2.75, 3.05) is 13.1 Å². The molecule has 104 valence electrons. The van der Waals surface area contributed by atoms with Crippen molar-refractivity contribution < 1.29 is 9.53 Å². The molecule has 0 spiro atoms. The smallest absolute Gasteiger partial charge is 0.223 e. The molecule has 1 heterocycles. The van der Waals surface area contributed by atoms with Gasteiger partial charge >= 0.3 is 0 Å². The topological polar surface area (TPSA) is 29.5 Å². The Hall–Kier alpha value is -1.06. The van der Waals surface area contributed by atoms with Gasteiger partial charge in [0, 0.05) is 24.5 Å². The normalized spacial score (nSPS) is 15.7. The number of rotatable bonds is 5. The van der Waals surface area contributed by atoms with Gasteiger partial charge in [0.05, 0.1) is 12.7 Å². The van der Waals surface area contributed by atoms with Gasteiger partial charge in [0.1, 0.15) is 0 Å². The van der Waals surface area contributed by atoms with Crippen molar-refractivity contribution in [2.24, 2.45) is 5.92 Å². The van der Waals surface area contributed by atoms with Crippen molar-refractivity contribution in [1.29, 1.82) is 0 Å². The number of amides is 1. The van der Waals surface area contributed by atoms with Crippen LogP contribution in [-0.4, -0.2) is 30.0 Å². The molecule has 0 radical (unpaired) electrons. The van der Waals surface area contributed by atoms with Gasteiger partial charge in [0.2, 0.25) is 5.91 Å². The van der Waals surface area contributed by atoms with Crippen LogP contribution in [0.15, 0.2) is 24.3 Å². The molecule has 1 amide bonds. The first-order valence-corrected chi connectivity index (χ1v) is 7.07. The molecule has 0 N–H and O–H groups in total. The molecule has 1 aliphatic heterocycles. The Morgan fingerprint density at radius 1 is 1.42 bits per heavy atom. The van der Waals surface area contributed by atoms with Crippen molar-refractivity contribution in [3.8, 4) is 0 Å². The molecular weight excluding hydrogens is 262 g/mol. The summed E-state index contributed by atoms with van der Waals surface area (Å²) in [5, 5.41) is 0.731. The fourth-order valence-electron chi connectivity index (χ4n) is 2.05. The van der Waals surface area contributed by atoms with Gasteiger partial charge in [-0.15, -0.1) is 0 Å². The molecule has 1 aromatic rings.